The summed E-state index contributed by atoms with van der Waals surface area (Å²) in [6.07, 6.45) is 8.26. The van der Waals surface area contributed by atoms with E-state index in [2.05, 4.69) is 90.4 Å². The molecule has 0 unspecified atom stereocenters. The third-order valence-electron chi connectivity index (χ3n) is 7.01. The molecule has 0 saturated heterocycles. The highest BCUT2D eigenvalue weighted by Crippen LogP contribution is 2.36. The van der Waals surface area contributed by atoms with Gasteiger partial charge in [0.25, 0.3) is 0 Å². The van der Waals surface area contributed by atoms with Crippen molar-refractivity contribution in [3.63, 3.8) is 0 Å². The first kappa shape index (κ1) is 25.5. The van der Waals surface area contributed by atoms with Gasteiger partial charge in [0.15, 0.2) is 0 Å². The van der Waals surface area contributed by atoms with E-state index in [9.17, 15) is 15.2 Å². The smallest absolute Gasteiger partial charge is 0.346 e. The highest BCUT2D eigenvalue weighted by atomic mass is 32.1. The van der Waals surface area contributed by atoms with Gasteiger partial charge < -0.3 is 9.67 Å². The number of carboxylic acids is 1. The number of nitrogens with zero attached hydrogens (tertiary/aromatic N) is 2. The van der Waals surface area contributed by atoms with E-state index in [1.807, 2.05) is 6.07 Å². The van der Waals surface area contributed by atoms with Crippen LogP contribution in [-0.2, 0) is 11.2 Å². The fraction of sp³-hybridized carbons (Fsp3) is 0.212. The summed E-state index contributed by atoms with van der Waals surface area (Å²) >= 11 is 1.55. The molecule has 0 amide bonds. The molecule has 0 aliphatic heterocycles. The Hall–Kier alpha value is -4.14. The average Bonchev–Trinajstić information content (AvgIpc) is 3.50. The summed E-state index contributed by atoms with van der Waals surface area (Å²) in [6, 6.07) is 29.5. The van der Waals surface area contributed by atoms with Gasteiger partial charge in [0.1, 0.15) is 11.6 Å². The molecule has 3 aromatic carbocycles. The second-order valence-electron chi connectivity index (χ2n) is 9.56. The largest absolute Gasteiger partial charge is 0.477 e. The van der Waals surface area contributed by atoms with Crippen LogP contribution in [0, 0.1) is 11.3 Å². The summed E-state index contributed by atoms with van der Waals surface area (Å²) < 4.78 is 2.30. The number of carboxylic acid groups (broad SMARTS) is 1. The fourth-order valence-electron chi connectivity index (χ4n) is 5.07. The quantitative estimate of drug-likeness (QED) is 0.114. The zero-order valence-corrected chi connectivity index (χ0v) is 22.3. The molecule has 0 bridgehead atoms. The normalized spacial score (nSPS) is 11.7. The number of unbranched alkanes of at least 4 members (excludes halogenated alkanes) is 4. The topological polar surface area (TPSA) is 66.0 Å². The first-order chi connectivity index (χ1) is 18.6. The van der Waals surface area contributed by atoms with Gasteiger partial charge in [-0.25, -0.2) is 4.79 Å². The number of benzene rings is 3. The van der Waals surface area contributed by atoms with Crippen molar-refractivity contribution in [3.05, 3.63) is 94.9 Å². The Morgan fingerprint density at radius 2 is 1.55 bits per heavy atom. The molecule has 0 radical (unpaired) electrons. The minimum atomic E-state index is -1.19. The summed E-state index contributed by atoms with van der Waals surface area (Å²) in [7, 11) is 0. The van der Waals surface area contributed by atoms with Gasteiger partial charge >= 0.3 is 5.97 Å². The zero-order chi connectivity index (χ0) is 26.5. The third kappa shape index (κ3) is 5.14. The molecule has 38 heavy (non-hydrogen) atoms. The van der Waals surface area contributed by atoms with Crippen molar-refractivity contribution in [2.45, 2.75) is 45.4 Å². The molecule has 0 fully saturated rings. The van der Waals surface area contributed by atoms with Crippen molar-refractivity contribution in [2.75, 3.05) is 0 Å². The second kappa shape index (κ2) is 11.5. The number of rotatable bonds is 10. The zero-order valence-electron chi connectivity index (χ0n) is 21.5. The summed E-state index contributed by atoms with van der Waals surface area (Å²) in [5, 5.41) is 21.2. The Labute approximate surface area is 227 Å². The predicted molar refractivity (Wildman–Crippen MR) is 158 cm³/mol. The van der Waals surface area contributed by atoms with E-state index in [4.69, 9.17) is 0 Å². The highest BCUT2D eigenvalue weighted by Gasteiger charge is 2.15. The molecular weight excluding hydrogens is 488 g/mol. The van der Waals surface area contributed by atoms with Crippen LogP contribution in [0.3, 0.4) is 0 Å². The fourth-order valence-corrected chi connectivity index (χ4v) is 6.23. The van der Waals surface area contributed by atoms with Crippen molar-refractivity contribution in [1.29, 1.82) is 5.26 Å². The van der Waals surface area contributed by atoms with Crippen molar-refractivity contribution in [1.82, 2.24) is 4.57 Å². The first-order valence-corrected chi connectivity index (χ1v) is 14.0. The van der Waals surface area contributed by atoms with Crippen LogP contribution in [0.5, 0.6) is 0 Å². The molecule has 2 aromatic heterocycles. The lowest BCUT2D eigenvalue weighted by Crippen LogP contribution is -1.97. The predicted octanol–water partition coefficient (Wildman–Crippen LogP) is 9.02. The van der Waals surface area contributed by atoms with Gasteiger partial charge in [0, 0.05) is 26.2 Å². The molecule has 4 nitrogen and oxygen atoms in total. The van der Waals surface area contributed by atoms with E-state index >= 15 is 0 Å². The van der Waals surface area contributed by atoms with Crippen LogP contribution < -0.4 is 0 Å². The molecule has 0 spiro atoms. The Morgan fingerprint density at radius 1 is 0.921 bits per heavy atom. The lowest BCUT2D eigenvalue weighted by Gasteiger charge is -2.08. The maximum atomic E-state index is 11.5. The van der Waals surface area contributed by atoms with Crippen molar-refractivity contribution in [2.24, 2.45) is 0 Å². The standard InChI is InChI=1S/C33H30N2O2S/c1-2-3-4-5-6-11-24-20-31(38-32(24)21-25(22-34)33(36)37)23-16-18-26(19-17-23)35-29-14-9-7-12-27(29)28-13-8-10-15-30(28)35/h7-10,12-21H,2-6,11H2,1H3,(H,36,37)/b25-21+. The van der Waals surface area contributed by atoms with Gasteiger partial charge in [-0.2, -0.15) is 5.26 Å². The molecular formula is C33H30N2O2S. The number of aromatic nitrogens is 1. The van der Waals surface area contributed by atoms with Gasteiger partial charge in [-0.15, -0.1) is 11.3 Å². The number of hydrogen-bond donors (Lipinski definition) is 1. The van der Waals surface area contributed by atoms with Crippen LogP contribution in [0.15, 0.2) is 84.4 Å². The van der Waals surface area contributed by atoms with E-state index in [0.717, 1.165) is 45.8 Å². The molecule has 190 valence electrons. The summed E-state index contributed by atoms with van der Waals surface area (Å²) in [5.74, 6) is -1.19. The summed E-state index contributed by atoms with van der Waals surface area (Å²) in [5.41, 5.74) is 5.41. The molecule has 5 aromatic rings. The molecule has 0 atom stereocenters. The summed E-state index contributed by atoms with van der Waals surface area (Å²) in [4.78, 5) is 13.4. The number of para-hydroxylation sites is 2. The molecule has 0 saturated carbocycles. The van der Waals surface area contributed by atoms with Gasteiger partial charge in [-0.1, -0.05) is 81.1 Å². The van der Waals surface area contributed by atoms with Crippen molar-refractivity contribution >= 4 is 45.2 Å². The van der Waals surface area contributed by atoms with E-state index in [-0.39, 0.29) is 5.57 Å². The number of carbonyl (C=O) groups is 1. The van der Waals surface area contributed by atoms with Gasteiger partial charge in [-0.05, 0) is 60.4 Å². The molecule has 1 N–H and O–H groups in total. The monoisotopic (exact) mass is 518 g/mol. The highest BCUT2D eigenvalue weighted by molar-refractivity contribution is 7.16. The Kier molecular flexibility index (Phi) is 7.72. The van der Waals surface area contributed by atoms with Crippen LogP contribution in [0.4, 0.5) is 0 Å². The summed E-state index contributed by atoms with van der Waals surface area (Å²) in [6.45, 7) is 2.20. The van der Waals surface area contributed by atoms with Gasteiger partial charge in [0.2, 0.25) is 0 Å². The van der Waals surface area contributed by atoms with E-state index in [1.165, 1.54) is 47.1 Å². The Balaban J connectivity index is 1.50. The lowest BCUT2D eigenvalue weighted by molar-refractivity contribution is -0.132. The van der Waals surface area contributed by atoms with Crippen LogP contribution >= 0.6 is 11.3 Å². The number of fused-ring (bicyclic) bond motifs is 3. The van der Waals surface area contributed by atoms with E-state index < -0.39 is 5.97 Å². The SMILES string of the molecule is CCCCCCCc1cc(-c2ccc(-n3c4ccccc4c4ccccc43)cc2)sc1/C=C(\C#N)C(=O)O. The van der Waals surface area contributed by atoms with Crippen LogP contribution in [-0.4, -0.2) is 15.6 Å². The van der Waals surface area contributed by atoms with E-state index in [1.54, 1.807) is 11.3 Å². The van der Waals surface area contributed by atoms with Crippen LogP contribution in [0.1, 0.15) is 49.5 Å². The molecule has 5 heteroatoms. The van der Waals surface area contributed by atoms with Gasteiger partial charge in [0.05, 0.1) is 11.0 Å². The number of aliphatic carboxylic acids is 1. The maximum Gasteiger partial charge on any atom is 0.346 e. The van der Waals surface area contributed by atoms with E-state index in [0.29, 0.717) is 0 Å². The van der Waals surface area contributed by atoms with Crippen LogP contribution in [0.25, 0.3) is 44.0 Å². The molecule has 0 aliphatic rings. The minimum absolute atomic E-state index is 0.229. The average molecular weight is 519 g/mol. The molecule has 5 rings (SSSR count). The maximum absolute atomic E-state index is 11.5. The lowest BCUT2D eigenvalue weighted by atomic mass is 10.0. The minimum Gasteiger partial charge on any atom is -0.477 e. The number of nitriles is 1. The van der Waals surface area contributed by atoms with Crippen molar-refractivity contribution < 1.29 is 9.90 Å². The number of aryl methyl sites for hydroxylation is 1. The molecule has 2 heterocycles. The Bertz CT molecular complexity index is 1610. The van der Waals surface area contributed by atoms with Crippen LogP contribution in [0.2, 0.25) is 0 Å². The Morgan fingerprint density at radius 3 is 2.16 bits per heavy atom. The first-order valence-electron chi connectivity index (χ1n) is 13.2. The number of thiophene rings is 1. The third-order valence-corrected chi connectivity index (χ3v) is 8.18. The number of hydrogen-bond acceptors (Lipinski definition) is 3. The van der Waals surface area contributed by atoms with Crippen molar-refractivity contribution in [3.8, 4) is 22.2 Å². The molecule has 0 aliphatic carbocycles. The van der Waals surface area contributed by atoms with Gasteiger partial charge in [-0.3, -0.25) is 0 Å². The second-order valence-corrected chi connectivity index (χ2v) is 10.6.